The van der Waals surface area contributed by atoms with Gasteiger partial charge in [0, 0.05) is 13.1 Å². The fraction of sp³-hybridized carbons (Fsp3) is 0.733. The second kappa shape index (κ2) is 6.73. The molecule has 1 heterocycles. The molecule has 1 N–H and O–H groups in total. The first-order chi connectivity index (χ1) is 8.86. The molecular weight excluding hydrogens is 238 g/mol. The first kappa shape index (κ1) is 15.7. The summed E-state index contributed by atoms with van der Waals surface area (Å²) in [6, 6.07) is 1.85. The smallest absolute Gasteiger partial charge is 0.269 e. The Morgan fingerprint density at radius 3 is 2.37 bits per heavy atom. The van der Waals surface area contributed by atoms with Crippen molar-refractivity contribution in [2.45, 2.75) is 48.1 Å². The van der Waals surface area contributed by atoms with Crippen molar-refractivity contribution in [3.63, 3.8) is 0 Å². The SMILES string of the molecule is CCn1nc(C)cc1C(=O)NCC(C(C)C)C(C)C. The first-order valence-electron chi connectivity index (χ1n) is 7.19. The van der Waals surface area contributed by atoms with Crippen LogP contribution in [0.1, 0.15) is 50.8 Å². The number of nitrogens with zero attached hydrogens (tertiary/aromatic N) is 2. The molecule has 0 fully saturated rings. The molecule has 1 rings (SSSR count). The quantitative estimate of drug-likeness (QED) is 0.859. The van der Waals surface area contributed by atoms with E-state index in [-0.39, 0.29) is 5.91 Å². The normalized spacial score (nSPS) is 11.6. The average molecular weight is 265 g/mol. The summed E-state index contributed by atoms with van der Waals surface area (Å²) in [6.45, 7) is 14.2. The van der Waals surface area contributed by atoms with Crippen LogP contribution in [-0.4, -0.2) is 22.2 Å². The molecule has 0 radical (unpaired) electrons. The summed E-state index contributed by atoms with van der Waals surface area (Å²) in [4.78, 5) is 12.2. The van der Waals surface area contributed by atoms with Crippen LogP contribution in [0.5, 0.6) is 0 Å². The number of aromatic nitrogens is 2. The van der Waals surface area contributed by atoms with Gasteiger partial charge in [-0.15, -0.1) is 0 Å². The molecular formula is C15H27N3O. The summed E-state index contributed by atoms with van der Waals surface area (Å²) < 4.78 is 1.75. The molecule has 0 bridgehead atoms. The summed E-state index contributed by atoms with van der Waals surface area (Å²) in [5.74, 6) is 1.62. The number of hydrogen-bond acceptors (Lipinski definition) is 2. The van der Waals surface area contributed by atoms with E-state index in [1.807, 2.05) is 19.9 Å². The maximum atomic E-state index is 12.2. The van der Waals surface area contributed by atoms with Crippen molar-refractivity contribution in [3.8, 4) is 0 Å². The Bertz CT molecular complexity index is 413. The third-order valence-electron chi connectivity index (χ3n) is 3.65. The Kier molecular flexibility index (Phi) is 5.58. The van der Waals surface area contributed by atoms with E-state index in [1.54, 1.807) is 4.68 Å². The van der Waals surface area contributed by atoms with Crippen LogP contribution in [0.25, 0.3) is 0 Å². The molecule has 0 atom stereocenters. The lowest BCUT2D eigenvalue weighted by Crippen LogP contribution is -2.34. The van der Waals surface area contributed by atoms with Crippen LogP contribution in [-0.2, 0) is 6.54 Å². The Labute approximate surface area is 116 Å². The standard InChI is InChI=1S/C15H27N3O/c1-7-18-14(8-12(6)17-18)15(19)16-9-13(10(2)3)11(4)5/h8,10-11,13H,7,9H2,1-6H3,(H,16,19). The third kappa shape index (κ3) is 4.08. The van der Waals surface area contributed by atoms with Crippen LogP contribution in [0, 0.1) is 24.7 Å². The van der Waals surface area contributed by atoms with Gasteiger partial charge in [0.15, 0.2) is 0 Å². The van der Waals surface area contributed by atoms with Crippen molar-refractivity contribution in [1.82, 2.24) is 15.1 Å². The third-order valence-corrected chi connectivity index (χ3v) is 3.65. The molecule has 0 aliphatic rings. The lowest BCUT2D eigenvalue weighted by atomic mass is 9.85. The van der Waals surface area contributed by atoms with Gasteiger partial charge in [-0.25, -0.2) is 0 Å². The predicted octanol–water partition coefficient (Wildman–Crippen LogP) is 2.87. The van der Waals surface area contributed by atoms with Gasteiger partial charge >= 0.3 is 0 Å². The fourth-order valence-corrected chi connectivity index (χ4v) is 2.51. The minimum atomic E-state index is -0.0197. The molecule has 0 saturated carbocycles. The maximum Gasteiger partial charge on any atom is 0.269 e. The molecule has 19 heavy (non-hydrogen) atoms. The van der Waals surface area contributed by atoms with Crippen LogP contribution < -0.4 is 5.32 Å². The van der Waals surface area contributed by atoms with Crippen molar-refractivity contribution < 1.29 is 4.79 Å². The maximum absolute atomic E-state index is 12.2. The van der Waals surface area contributed by atoms with Crippen molar-refractivity contribution >= 4 is 5.91 Å². The molecule has 0 saturated heterocycles. The molecule has 1 aromatic rings. The Balaban J connectivity index is 2.69. The molecule has 4 nitrogen and oxygen atoms in total. The monoisotopic (exact) mass is 265 g/mol. The molecule has 108 valence electrons. The molecule has 4 heteroatoms. The van der Waals surface area contributed by atoms with Crippen LogP contribution >= 0.6 is 0 Å². The van der Waals surface area contributed by atoms with Gasteiger partial charge in [-0.3, -0.25) is 9.48 Å². The van der Waals surface area contributed by atoms with Crippen molar-refractivity contribution in [2.75, 3.05) is 6.54 Å². The minimum absolute atomic E-state index is 0.0197. The molecule has 0 aliphatic heterocycles. The van der Waals surface area contributed by atoms with Crippen molar-refractivity contribution in [3.05, 3.63) is 17.5 Å². The van der Waals surface area contributed by atoms with Gasteiger partial charge in [0.1, 0.15) is 5.69 Å². The Morgan fingerprint density at radius 2 is 1.89 bits per heavy atom. The number of amides is 1. The summed E-state index contributed by atoms with van der Waals surface area (Å²) in [6.07, 6.45) is 0. The largest absolute Gasteiger partial charge is 0.350 e. The highest BCUT2D eigenvalue weighted by molar-refractivity contribution is 5.92. The van der Waals surface area contributed by atoms with Gasteiger partial charge in [0.05, 0.1) is 5.69 Å². The highest BCUT2D eigenvalue weighted by Crippen LogP contribution is 2.19. The van der Waals surface area contributed by atoms with Gasteiger partial charge in [-0.1, -0.05) is 27.7 Å². The minimum Gasteiger partial charge on any atom is -0.350 e. The predicted molar refractivity (Wildman–Crippen MR) is 78.1 cm³/mol. The average Bonchev–Trinajstić information content (AvgIpc) is 2.69. The van der Waals surface area contributed by atoms with Crippen LogP contribution in [0.3, 0.4) is 0 Å². The lowest BCUT2D eigenvalue weighted by Gasteiger charge is -2.25. The zero-order valence-corrected chi connectivity index (χ0v) is 13.0. The molecule has 0 aliphatic carbocycles. The Hall–Kier alpha value is -1.32. The van der Waals surface area contributed by atoms with Crippen LogP contribution in [0.2, 0.25) is 0 Å². The van der Waals surface area contributed by atoms with Gasteiger partial charge in [0.2, 0.25) is 0 Å². The zero-order valence-electron chi connectivity index (χ0n) is 13.0. The topological polar surface area (TPSA) is 46.9 Å². The number of rotatable bonds is 6. The van der Waals surface area contributed by atoms with E-state index in [1.165, 1.54) is 0 Å². The van der Waals surface area contributed by atoms with E-state index in [2.05, 4.69) is 38.1 Å². The van der Waals surface area contributed by atoms with Gasteiger partial charge in [-0.2, -0.15) is 5.10 Å². The summed E-state index contributed by atoms with van der Waals surface area (Å²) in [5, 5.41) is 7.35. The van der Waals surface area contributed by atoms with Gasteiger partial charge in [-0.05, 0) is 37.7 Å². The lowest BCUT2D eigenvalue weighted by molar-refractivity contribution is 0.0926. The zero-order chi connectivity index (χ0) is 14.6. The second-order valence-corrected chi connectivity index (χ2v) is 5.85. The summed E-state index contributed by atoms with van der Waals surface area (Å²) >= 11 is 0. The van der Waals surface area contributed by atoms with E-state index in [9.17, 15) is 4.79 Å². The Morgan fingerprint density at radius 1 is 1.32 bits per heavy atom. The number of hydrogen-bond donors (Lipinski definition) is 1. The highest BCUT2D eigenvalue weighted by Gasteiger charge is 2.20. The second-order valence-electron chi connectivity index (χ2n) is 5.85. The van der Waals surface area contributed by atoms with E-state index in [0.717, 1.165) is 12.2 Å². The molecule has 0 aromatic carbocycles. The fourth-order valence-electron chi connectivity index (χ4n) is 2.51. The van der Waals surface area contributed by atoms with E-state index in [4.69, 9.17) is 0 Å². The van der Waals surface area contributed by atoms with Gasteiger partial charge in [0.25, 0.3) is 5.91 Å². The van der Waals surface area contributed by atoms with E-state index < -0.39 is 0 Å². The number of carbonyl (C=O) groups is 1. The number of aryl methyl sites for hydroxylation is 2. The van der Waals surface area contributed by atoms with E-state index in [0.29, 0.717) is 30.0 Å². The first-order valence-corrected chi connectivity index (χ1v) is 7.19. The highest BCUT2D eigenvalue weighted by atomic mass is 16.2. The van der Waals surface area contributed by atoms with E-state index >= 15 is 0 Å². The van der Waals surface area contributed by atoms with Crippen molar-refractivity contribution in [1.29, 1.82) is 0 Å². The summed E-state index contributed by atoms with van der Waals surface area (Å²) in [7, 11) is 0. The van der Waals surface area contributed by atoms with Crippen LogP contribution in [0.15, 0.2) is 6.07 Å². The number of carbonyl (C=O) groups excluding carboxylic acids is 1. The molecule has 0 spiro atoms. The molecule has 1 amide bonds. The summed E-state index contributed by atoms with van der Waals surface area (Å²) in [5.41, 5.74) is 1.54. The number of nitrogens with one attached hydrogen (secondary N) is 1. The molecule has 0 unspecified atom stereocenters. The van der Waals surface area contributed by atoms with Crippen molar-refractivity contribution in [2.24, 2.45) is 17.8 Å². The van der Waals surface area contributed by atoms with Crippen LogP contribution in [0.4, 0.5) is 0 Å². The van der Waals surface area contributed by atoms with Gasteiger partial charge < -0.3 is 5.32 Å². The molecule has 1 aromatic heterocycles.